The highest BCUT2D eigenvalue weighted by Crippen LogP contribution is 2.35. The van der Waals surface area contributed by atoms with Crippen molar-refractivity contribution < 1.29 is 19.1 Å². The highest BCUT2D eigenvalue weighted by molar-refractivity contribution is 6.15. The molecule has 1 heterocycles. The van der Waals surface area contributed by atoms with E-state index in [1.807, 2.05) is 12.1 Å². The fourth-order valence-corrected chi connectivity index (χ4v) is 3.29. The lowest BCUT2D eigenvalue weighted by atomic mass is 9.94. The SMILES string of the molecule is CCCCCCc1c(CC)ccc(C(OC)=C2NC(=O)NC2=O)c1OC. The third-order valence-electron chi connectivity index (χ3n) is 4.59. The molecular formula is C20H28N2O4. The molecule has 0 atom stereocenters. The third kappa shape index (κ3) is 4.18. The van der Waals surface area contributed by atoms with Gasteiger partial charge in [-0.05, 0) is 36.5 Å². The van der Waals surface area contributed by atoms with Crippen molar-refractivity contribution in [2.45, 2.75) is 52.4 Å². The molecule has 0 bridgehead atoms. The number of aryl methyl sites for hydroxylation is 1. The Balaban J connectivity index is 2.49. The van der Waals surface area contributed by atoms with Crippen molar-refractivity contribution in [3.63, 3.8) is 0 Å². The summed E-state index contributed by atoms with van der Waals surface area (Å²) in [5, 5.41) is 4.72. The predicted molar refractivity (Wildman–Crippen MR) is 101 cm³/mol. The zero-order chi connectivity index (χ0) is 19.1. The van der Waals surface area contributed by atoms with E-state index < -0.39 is 11.9 Å². The summed E-state index contributed by atoms with van der Waals surface area (Å²) in [5.74, 6) is 0.514. The third-order valence-corrected chi connectivity index (χ3v) is 4.59. The minimum absolute atomic E-state index is 0.108. The Morgan fingerprint density at radius 2 is 1.81 bits per heavy atom. The fourth-order valence-electron chi connectivity index (χ4n) is 3.29. The van der Waals surface area contributed by atoms with Crippen LogP contribution in [0.4, 0.5) is 4.79 Å². The molecule has 1 aliphatic heterocycles. The summed E-state index contributed by atoms with van der Waals surface area (Å²) in [6, 6.07) is 3.38. The van der Waals surface area contributed by atoms with Gasteiger partial charge in [-0.25, -0.2) is 4.79 Å². The molecule has 142 valence electrons. The monoisotopic (exact) mass is 360 g/mol. The summed E-state index contributed by atoms with van der Waals surface area (Å²) in [4.78, 5) is 23.5. The smallest absolute Gasteiger partial charge is 0.326 e. The molecule has 0 aliphatic carbocycles. The van der Waals surface area contributed by atoms with E-state index in [0.29, 0.717) is 17.1 Å². The van der Waals surface area contributed by atoms with Gasteiger partial charge in [-0.2, -0.15) is 0 Å². The zero-order valence-electron chi connectivity index (χ0n) is 16.0. The molecule has 1 aliphatic rings. The van der Waals surface area contributed by atoms with Crippen LogP contribution in [-0.4, -0.2) is 26.2 Å². The van der Waals surface area contributed by atoms with E-state index in [4.69, 9.17) is 9.47 Å². The maximum atomic E-state index is 12.0. The van der Waals surface area contributed by atoms with Crippen LogP contribution in [0.5, 0.6) is 5.75 Å². The number of rotatable bonds is 9. The second kappa shape index (κ2) is 9.27. The number of nitrogens with one attached hydrogen (secondary N) is 2. The molecule has 2 N–H and O–H groups in total. The largest absolute Gasteiger partial charge is 0.496 e. The van der Waals surface area contributed by atoms with Crippen LogP contribution < -0.4 is 15.4 Å². The molecule has 1 aromatic carbocycles. The first-order valence-electron chi connectivity index (χ1n) is 9.16. The first-order valence-corrected chi connectivity index (χ1v) is 9.16. The lowest BCUT2D eigenvalue weighted by Gasteiger charge is -2.19. The van der Waals surface area contributed by atoms with Crippen LogP contribution in [0.25, 0.3) is 5.76 Å². The van der Waals surface area contributed by atoms with Crippen molar-refractivity contribution in [3.05, 3.63) is 34.5 Å². The highest BCUT2D eigenvalue weighted by atomic mass is 16.5. The number of carbonyl (C=O) groups excluding carboxylic acids is 2. The van der Waals surface area contributed by atoms with Gasteiger partial charge in [-0.15, -0.1) is 0 Å². The molecule has 0 unspecified atom stereocenters. The Hall–Kier alpha value is -2.50. The first kappa shape index (κ1) is 19.8. The second-order valence-corrected chi connectivity index (χ2v) is 6.26. The summed E-state index contributed by atoms with van der Waals surface area (Å²) in [7, 11) is 3.10. The van der Waals surface area contributed by atoms with Gasteiger partial charge < -0.3 is 9.47 Å². The molecule has 1 fully saturated rings. The lowest BCUT2D eigenvalue weighted by Crippen LogP contribution is -2.22. The summed E-state index contributed by atoms with van der Waals surface area (Å²) in [6.45, 7) is 4.31. The number of amides is 3. The van der Waals surface area contributed by atoms with Gasteiger partial charge in [0.15, 0.2) is 11.5 Å². The minimum Gasteiger partial charge on any atom is -0.496 e. The Morgan fingerprint density at radius 3 is 2.35 bits per heavy atom. The van der Waals surface area contributed by atoms with Crippen LogP contribution in [-0.2, 0) is 22.4 Å². The average molecular weight is 360 g/mol. The predicted octanol–water partition coefficient (Wildman–Crippen LogP) is 3.53. The van der Waals surface area contributed by atoms with Crippen LogP contribution >= 0.6 is 0 Å². The van der Waals surface area contributed by atoms with Crippen molar-refractivity contribution in [3.8, 4) is 5.75 Å². The lowest BCUT2D eigenvalue weighted by molar-refractivity contribution is -0.115. The van der Waals surface area contributed by atoms with E-state index in [1.54, 1.807) is 7.11 Å². The molecule has 0 radical (unpaired) electrons. The van der Waals surface area contributed by atoms with E-state index in [0.717, 1.165) is 24.8 Å². The van der Waals surface area contributed by atoms with Crippen molar-refractivity contribution in [2.24, 2.45) is 0 Å². The van der Waals surface area contributed by atoms with E-state index in [2.05, 4.69) is 24.5 Å². The number of carbonyl (C=O) groups is 2. The maximum absolute atomic E-state index is 12.0. The van der Waals surface area contributed by atoms with Crippen LogP contribution in [0.1, 0.15) is 56.2 Å². The Labute approximate surface area is 154 Å². The molecule has 3 amide bonds. The van der Waals surface area contributed by atoms with Crippen molar-refractivity contribution in [1.29, 1.82) is 0 Å². The topological polar surface area (TPSA) is 76.7 Å². The van der Waals surface area contributed by atoms with Gasteiger partial charge in [0, 0.05) is 0 Å². The number of urea groups is 1. The van der Waals surface area contributed by atoms with E-state index in [9.17, 15) is 9.59 Å². The quantitative estimate of drug-likeness (QED) is 0.306. The molecular weight excluding hydrogens is 332 g/mol. The second-order valence-electron chi connectivity index (χ2n) is 6.26. The zero-order valence-corrected chi connectivity index (χ0v) is 16.0. The van der Waals surface area contributed by atoms with Crippen molar-refractivity contribution >= 4 is 17.7 Å². The normalized spacial score (nSPS) is 15.5. The Kier molecular flexibility index (Phi) is 7.06. The molecule has 0 aromatic heterocycles. The molecule has 6 nitrogen and oxygen atoms in total. The number of methoxy groups -OCH3 is 2. The molecule has 1 aromatic rings. The number of benzene rings is 1. The summed E-state index contributed by atoms with van der Waals surface area (Å²) in [6.07, 6.45) is 6.46. The van der Waals surface area contributed by atoms with Crippen LogP contribution in [0.15, 0.2) is 17.8 Å². The molecule has 0 saturated carbocycles. The van der Waals surface area contributed by atoms with Gasteiger partial charge in [-0.1, -0.05) is 39.2 Å². The fraction of sp³-hybridized carbons (Fsp3) is 0.500. The minimum atomic E-state index is -0.552. The number of imide groups is 1. The molecule has 1 saturated heterocycles. The van der Waals surface area contributed by atoms with Crippen LogP contribution in [0.2, 0.25) is 0 Å². The highest BCUT2D eigenvalue weighted by Gasteiger charge is 2.30. The standard InChI is InChI=1S/C20H28N2O4/c1-5-7-8-9-10-14-13(6-2)11-12-15(17(14)25-3)18(26-4)16-19(23)22-20(24)21-16/h11-12H,5-10H2,1-4H3,(H2,21,22,23,24). The van der Waals surface area contributed by atoms with Crippen molar-refractivity contribution in [2.75, 3.05) is 14.2 Å². The number of hydrogen-bond acceptors (Lipinski definition) is 4. The average Bonchev–Trinajstić information content (AvgIpc) is 2.97. The van der Waals surface area contributed by atoms with E-state index in [1.165, 1.54) is 31.9 Å². The van der Waals surface area contributed by atoms with Crippen LogP contribution in [0.3, 0.4) is 0 Å². The molecule has 26 heavy (non-hydrogen) atoms. The summed E-state index contributed by atoms with van der Waals surface area (Å²) >= 11 is 0. The summed E-state index contributed by atoms with van der Waals surface area (Å²) < 4.78 is 11.2. The Morgan fingerprint density at radius 1 is 1.04 bits per heavy atom. The Bertz CT molecular complexity index is 710. The maximum Gasteiger partial charge on any atom is 0.326 e. The van der Waals surface area contributed by atoms with Gasteiger partial charge in [0.2, 0.25) is 0 Å². The summed E-state index contributed by atoms with van der Waals surface area (Å²) in [5.41, 5.74) is 3.15. The van der Waals surface area contributed by atoms with Gasteiger partial charge in [0.1, 0.15) is 5.75 Å². The molecule has 6 heteroatoms. The number of ether oxygens (including phenoxy) is 2. The molecule has 0 spiro atoms. The molecule has 2 rings (SSSR count). The van der Waals surface area contributed by atoms with Crippen molar-refractivity contribution in [1.82, 2.24) is 10.6 Å². The van der Waals surface area contributed by atoms with Gasteiger partial charge in [0.25, 0.3) is 5.91 Å². The number of hydrogen-bond donors (Lipinski definition) is 2. The van der Waals surface area contributed by atoms with Gasteiger partial charge in [-0.3, -0.25) is 15.4 Å². The van der Waals surface area contributed by atoms with Gasteiger partial charge in [0.05, 0.1) is 19.8 Å². The van der Waals surface area contributed by atoms with Crippen LogP contribution in [0, 0.1) is 0 Å². The number of unbranched alkanes of at least 4 members (excludes halogenated alkanes) is 3. The van der Waals surface area contributed by atoms with E-state index in [-0.39, 0.29) is 5.70 Å². The first-order chi connectivity index (χ1) is 12.6. The van der Waals surface area contributed by atoms with E-state index >= 15 is 0 Å². The van der Waals surface area contributed by atoms with Gasteiger partial charge >= 0.3 is 6.03 Å².